The van der Waals surface area contributed by atoms with Crippen molar-refractivity contribution in [2.45, 2.75) is 19.4 Å². The Kier molecular flexibility index (Phi) is 2.81. The molecule has 0 aliphatic rings. The minimum atomic E-state index is -1.01. The van der Waals surface area contributed by atoms with Crippen LogP contribution >= 0.6 is 0 Å². The minimum absolute atomic E-state index is 0.464. The second-order valence-corrected chi connectivity index (χ2v) is 4.44. The molecule has 0 atom stereocenters. The van der Waals surface area contributed by atoms with Crippen LogP contribution < -0.4 is 10.5 Å². The molecule has 0 radical (unpaired) electrons. The van der Waals surface area contributed by atoms with Crippen LogP contribution in [0.25, 0.3) is 10.9 Å². The fraction of sp³-hybridized carbons (Fsp3) is 0.231. The molecule has 0 aliphatic heterocycles. The molecule has 2 N–H and O–H groups in total. The number of benzene rings is 1. The average molecular weight is 230 g/mol. The number of aromatic nitrogens is 1. The Morgan fingerprint density at radius 3 is 2.71 bits per heavy atom. The van der Waals surface area contributed by atoms with Gasteiger partial charge in [-0.15, -0.1) is 0 Å². The SMILES string of the molecule is CC(C)(N)C(=O)Oc1ccnc2ccccc12. The molecule has 1 heterocycles. The van der Waals surface area contributed by atoms with Gasteiger partial charge in [-0.2, -0.15) is 0 Å². The number of pyridine rings is 1. The average Bonchev–Trinajstić information content (AvgIpc) is 2.28. The molecule has 0 bridgehead atoms. The van der Waals surface area contributed by atoms with Gasteiger partial charge in [0.1, 0.15) is 11.3 Å². The second kappa shape index (κ2) is 4.14. The summed E-state index contributed by atoms with van der Waals surface area (Å²) in [6.07, 6.45) is 1.61. The van der Waals surface area contributed by atoms with E-state index in [1.807, 2.05) is 24.3 Å². The second-order valence-electron chi connectivity index (χ2n) is 4.44. The number of esters is 1. The molecule has 0 unspecified atom stereocenters. The van der Waals surface area contributed by atoms with Crippen molar-refractivity contribution in [3.63, 3.8) is 0 Å². The van der Waals surface area contributed by atoms with Crippen LogP contribution in [0.3, 0.4) is 0 Å². The quantitative estimate of drug-likeness (QED) is 0.800. The largest absolute Gasteiger partial charge is 0.424 e. The van der Waals surface area contributed by atoms with Crippen molar-refractivity contribution in [2.24, 2.45) is 5.73 Å². The summed E-state index contributed by atoms with van der Waals surface area (Å²) in [4.78, 5) is 15.9. The number of hydrogen-bond donors (Lipinski definition) is 1. The molecule has 2 aromatic rings. The lowest BCUT2D eigenvalue weighted by atomic mass is 10.1. The van der Waals surface area contributed by atoms with Gasteiger partial charge >= 0.3 is 5.97 Å². The topological polar surface area (TPSA) is 65.2 Å². The van der Waals surface area contributed by atoms with Crippen molar-refractivity contribution in [1.29, 1.82) is 0 Å². The van der Waals surface area contributed by atoms with Gasteiger partial charge in [0.15, 0.2) is 0 Å². The number of ether oxygens (including phenoxy) is 1. The third-order valence-electron chi connectivity index (χ3n) is 2.34. The number of rotatable bonds is 2. The molecular weight excluding hydrogens is 216 g/mol. The zero-order valence-electron chi connectivity index (χ0n) is 9.81. The van der Waals surface area contributed by atoms with Crippen LogP contribution in [0.4, 0.5) is 0 Å². The van der Waals surface area contributed by atoms with E-state index in [1.54, 1.807) is 26.1 Å². The first-order chi connectivity index (χ1) is 7.98. The zero-order valence-corrected chi connectivity index (χ0v) is 9.81. The van der Waals surface area contributed by atoms with Crippen LogP contribution in [-0.2, 0) is 4.79 Å². The fourth-order valence-electron chi connectivity index (χ4n) is 1.39. The van der Waals surface area contributed by atoms with Crippen LogP contribution in [-0.4, -0.2) is 16.5 Å². The Morgan fingerprint density at radius 2 is 2.00 bits per heavy atom. The van der Waals surface area contributed by atoms with Gasteiger partial charge < -0.3 is 10.5 Å². The lowest BCUT2D eigenvalue weighted by Crippen LogP contribution is -2.44. The van der Waals surface area contributed by atoms with E-state index < -0.39 is 11.5 Å². The number of nitrogens with two attached hydrogens (primary N) is 1. The molecule has 0 saturated carbocycles. The standard InChI is InChI=1S/C13H14N2O2/c1-13(2,14)12(16)17-11-7-8-15-10-6-4-3-5-9(10)11/h3-8H,14H2,1-2H3. The minimum Gasteiger partial charge on any atom is -0.424 e. The molecule has 1 aromatic carbocycles. The van der Waals surface area contributed by atoms with Crippen molar-refractivity contribution >= 4 is 16.9 Å². The van der Waals surface area contributed by atoms with E-state index in [2.05, 4.69) is 4.98 Å². The first kappa shape index (κ1) is 11.5. The van der Waals surface area contributed by atoms with Gasteiger partial charge in [0.2, 0.25) is 0 Å². The summed E-state index contributed by atoms with van der Waals surface area (Å²) in [6, 6.07) is 9.13. The van der Waals surface area contributed by atoms with Crippen molar-refractivity contribution < 1.29 is 9.53 Å². The summed E-state index contributed by atoms with van der Waals surface area (Å²) in [7, 11) is 0. The molecule has 4 nitrogen and oxygen atoms in total. The van der Waals surface area contributed by atoms with Crippen LogP contribution in [0, 0.1) is 0 Å². The van der Waals surface area contributed by atoms with Crippen molar-refractivity contribution in [2.75, 3.05) is 0 Å². The summed E-state index contributed by atoms with van der Waals surface area (Å²) < 4.78 is 5.29. The number of para-hydroxylation sites is 1. The van der Waals surface area contributed by atoms with E-state index >= 15 is 0 Å². The van der Waals surface area contributed by atoms with Crippen molar-refractivity contribution in [1.82, 2.24) is 4.98 Å². The predicted octanol–water partition coefficient (Wildman–Crippen LogP) is 1.88. The highest BCUT2D eigenvalue weighted by Gasteiger charge is 2.24. The fourth-order valence-corrected chi connectivity index (χ4v) is 1.39. The number of fused-ring (bicyclic) bond motifs is 1. The van der Waals surface area contributed by atoms with E-state index in [1.165, 1.54) is 0 Å². The molecule has 88 valence electrons. The smallest absolute Gasteiger partial charge is 0.330 e. The molecule has 0 aliphatic carbocycles. The maximum absolute atomic E-state index is 11.7. The maximum Gasteiger partial charge on any atom is 0.330 e. The Balaban J connectivity index is 2.40. The summed E-state index contributed by atoms with van der Waals surface area (Å²) in [5.41, 5.74) is 5.46. The molecule has 0 spiro atoms. The van der Waals surface area contributed by atoms with Crippen LogP contribution in [0.5, 0.6) is 5.75 Å². The summed E-state index contributed by atoms with van der Waals surface area (Å²) in [5, 5.41) is 0.799. The Labute approximate surface area is 99.4 Å². The van der Waals surface area contributed by atoms with E-state index in [-0.39, 0.29) is 0 Å². The van der Waals surface area contributed by atoms with Gasteiger partial charge in [-0.3, -0.25) is 4.98 Å². The summed E-state index contributed by atoms with van der Waals surface area (Å²) >= 11 is 0. The van der Waals surface area contributed by atoms with Crippen molar-refractivity contribution in [3.8, 4) is 5.75 Å². The van der Waals surface area contributed by atoms with E-state index in [9.17, 15) is 4.79 Å². The summed E-state index contributed by atoms with van der Waals surface area (Å²) in [6.45, 7) is 3.22. The molecule has 17 heavy (non-hydrogen) atoms. The normalized spacial score (nSPS) is 11.5. The highest BCUT2D eigenvalue weighted by molar-refractivity contribution is 5.89. The molecule has 0 fully saturated rings. The molecule has 0 amide bonds. The summed E-state index contributed by atoms with van der Waals surface area (Å²) in [5.74, 6) is 0.0213. The zero-order chi connectivity index (χ0) is 12.5. The first-order valence-corrected chi connectivity index (χ1v) is 5.33. The van der Waals surface area contributed by atoms with E-state index in [0.717, 1.165) is 10.9 Å². The maximum atomic E-state index is 11.7. The van der Waals surface area contributed by atoms with Gasteiger partial charge in [0, 0.05) is 11.6 Å². The number of nitrogens with zero attached hydrogens (tertiary/aromatic N) is 1. The molecule has 0 saturated heterocycles. The Bertz CT molecular complexity index is 553. The van der Waals surface area contributed by atoms with Crippen molar-refractivity contribution in [3.05, 3.63) is 36.5 Å². The highest BCUT2D eigenvalue weighted by Crippen LogP contribution is 2.24. The number of carbonyl (C=O) groups is 1. The van der Waals surface area contributed by atoms with E-state index in [0.29, 0.717) is 5.75 Å². The van der Waals surface area contributed by atoms with Gasteiger partial charge in [-0.1, -0.05) is 12.1 Å². The molecular formula is C13H14N2O2. The molecule has 4 heteroatoms. The third-order valence-corrected chi connectivity index (χ3v) is 2.34. The van der Waals surface area contributed by atoms with Gasteiger partial charge in [-0.25, -0.2) is 4.79 Å². The first-order valence-electron chi connectivity index (χ1n) is 5.33. The molecule has 1 aromatic heterocycles. The Hall–Kier alpha value is -1.94. The predicted molar refractivity (Wildman–Crippen MR) is 65.6 cm³/mol. The van der Waals surface area contributed by atoms with Crippen LogP contribution in [0.2, 0.25) is 0 Å². The van der Waals surface area contributed by atoms with E-state index in [4.69, 9.17) is 10.5 Å². The number of hydrogen-bond acceptors (Lipinski definition) is 4. The lowest BCUT2D eigenvalue weighted by Gasteiger charge is -2.17. The van der Waals surface area contributed by atoms with Gasteiger partial charge in [0.25, 0.3) is 0 Å². The Morgan fingerprint density at radius 1 is 1.29 bits per heavy atom. The van der Waals surface area contributed by atoms with Crippen LogP contribution in [0.15, 0.2) is 36.5 Å². The molecule has 2 rings (SSSR count). The lowest BCUT2D eigenvalue weighted by molar-refractivity contribution is -0.139. The van der Waals surface area contributed by atoms with Crippen LogP contribution in [0.1, 0.15) is 13.8 Å². The third kappa shape index (κ3) is 2.42. The van der Waals surface area contributed by atoms with Gasteiger partial charge in [-0.05, 0) is 32.0 Å². The monoisotopic (exact) mass is 230 g/mol. The van der Waals surface area contributed by atoms with Gasteiger partial charge in [0.05, 0.1) is 5.52 Å². The highest BCUT2D eigenvalue weighted by atomic mass is 16.5. The number of carbonyl (C=O) groups excluding carboxylic acids is 1.